The predicted octanol–water partition coefficient (Wildman–Crippen LogP) is 2.58. The minimum Gasteiger partial charge on any atom is -0.353 e. The van der Waals surface area contributed by atoms with Gasteiger partial charge in [-0.2, -0.15) is 0 Å². The predicted molar refractivity (Wildman–Crippen MR) is 72.8 cm³/mol. The summed E-state index contributed by atoms with van der Waals surface area (Å²) in [7, 11) is 0. The lowest BCUT2D eigenvalue weighted by Crippen LogP contribution is -2.47. The highest BCUT2D eigenvalue weighted by atomic mass is 19.3. The number of carbonyl (C=O) groups is 1. The molecule has 21 heavy (non-hydrogen) atoms. The van der Waals surface area contributed by atoms with Crippen LogP contribution in [0.5, 0.6) is 0 Å². The number of amides is 1. The first kappa shape index (κ1) is 14.4. The van der Waals surface area contributed by atoms with Crippen LogP contribution in [0, 0.1) is 5.41 Å². The van der Waals surface area contributed by atoms with Gasteiger partial charge in [-0.1, -0.05) is 0 Å². The third kappa shape index (κ3) is 2.40. The highest BCUT2D eigenvalue weighted by Gasteiger charge is 2.54. The van der Waals surface area contributed by atoms with Gasteiger partial charge in [0.25, 0.3) is 0 Å². The van der Waals surface area contributed by atoms with E-state index in [0.717, 1.165) is 30.7 Å². The standard InChI is InChI=1S/C15H19F2N3O/c16-13(17)15-4-1-14(2-5-15,3-6-15)12-7-11(8-18-10-21)19-9-20-12/h7,9-10,13H,1-6,8H2,(H,18,21). The summed E-state index contributed by atoms with van der Waals surface area (Å²) in [5.74, 6) is 0. The number of aromatic nitrogens is 2. The average molecular weight is 295 g/mol. The summed E-state index contributed by atoms with van der Waals surface area (Å²) in [4.78, 5) is 18.9. The molecule has 4 nitrogen and oxygen atoms in total. The molecule has 3 saturated carbocycles. The second-order valence-corrected chi connectivity index (χ2v) is 6.34. The molecule has 0 radical (unpaired) electrons. The van der Waals surface area contributed by atoms with Crippen LogP contribution in [0.25, 0.3) is 0 Å². The molecule has 2 bridgehead atoms. The highest BCUT2D eigenvalue weighted by Crippen LogP contribution is 2.59. The number of nitrogens with one attached hydrogen (secondary N) is 1. The van der Waals surface area contributed by atoms with Crippen molar-refractivity contribution >= 4 is 6.41 Å². The molecule has 0 aliphatic heterocycles. The molecule has 1 amide bonds. The molecule has 0 aromatic carbocycles. The number of hydrogen-bond donors (Lipinski definition) is 1. The smallest absolute Gasteiger partial charge is 0.244 e. The second kappa shape index (κ2) is 5.31. The fourth-order valence-corrected chi connectivity index (χ4v) is 3.86. The van der Waals surface area contributed by atoms with Gasteiger partial charge in [0.05, 0.1) is 17.9 Å². The van der Waals surface area contributed by atoms with Crippen molar-refractivity contribution in [3.8, 4) is 0 Å². The van der Waals surface area contributed by atoms with E-state index in [-0.39, 0.29) is 5.41 Å². The van der Waals surface area contributed by atoms with Crippen LogP contribution >= 0.6 is 0 Å². The largest absolute Gasteiger partial charge is 0.353 e. The van der Waals surface area contributed by atoms with E-state index >= 15 is 0 Å². The van der Waals surface area contributed by atoms with Gasteiger partial charge in [0.2, 0.25) is 12.8 Å². The van der Waals surface area contributed by atoms with E-state index in [1.807, 2.05) is 6.07 Å². The fourth-order valence-electron chi connectivity index (χ4n) is 3.86. The lowest BCUT2D eigenvalue weighted by atomic mass is 9.53. The third-order valence-corrected chi connectivity index (χ3v) is 5.40. The molecule has 0 spiro atoms. The van der Waals surface area contributed by atoms with Crippen molar-refractivity contribution in [3.63, 3.8) is 0 Å². The summed E-state index contributed by atoms with van der Waals surface area (Å²) in [5.41, 5.74) is 0.882. The molecule has 1 heterocycles. The molecule has 6 heteroatoms. The summed E-state index contributed by atoms with van der Waals surface area (Å²) in [6.45, 7) is 0.371. The van der Waals surface area contributed by atoms with Gasteiger partial charge >= 0.3 is 0 Å². The van der Waals surface area contributed by atoms with E-state index in [0.29, 0.717) is 32.2 Å². The molecule has 1 aromatic rings. The van der Waals surface area contributed by atoms with Gasteiger partial charge in [-0.15, -0.1) is 0 Å². The van der Waals surface area contributed by atoms with Crippen molar-refractivity contribution in [2.75, 3.05) is 0 Å². The molecule has 3 aliphatic carbocycles. The number of halogens is 2. The molecule has 1 aromatic heterocycles. The molecular weight excluding hydrogens is 276 g/mol. The Balaban J connectivity index is 1.81. The average Bonchev–Trinajstić information content (AvgIpc) is 2.55. The second-order valence-electron chi connectivity index (χ2n) is 6.34. The van der Waals surface area contributed by atoms with Crippen LogP contribution in [0.15, 0.2) is 12.4 Å². The van der Waals surface area contributed by atoms with Gasteiger partial charge in [0, 0.05) is 10.8 Å². The summed E-state index contributed by atoms with van der Waals surface area (Å²) in [6, 6.07) is 1.91. The maximum atomic E-state index is 13.3. The van der Waals surface area contributed by atoms with Crippen LogP contribution in [-0.4, -0.2) is 22.8 Å². The quantitative estimate of drug-likeness (QED) is 0.849. The third-order valence-electron chi connectivity index (χ3n) is 5.40. The monoisotopic (exact) mass is 295 g/mol. The van der Waals surface area contributed by atoms with E-state index in [1.165, 1.54) is 6.33 Å². The van der Waals surface area contributed by atoms with E-state index < -0.39 is 11.8 Å². The normalized spacial score (nSPS) is 31.4. The summed E-state index contributed by atoms with van der Waals surface area (Å²) >= 11 is 0. The van der Waals surface area contributed by atoms with Crippen LogP contribution in [0.3, 0.4) is 0 Å². The van der Waals surface area contributed by atoms with E-state index in [1.54, 1.807) is 0 Å². The summed E-state index contributed by atoms with van der Waals surface area (Å²) in [6.07, 6.45) is 3.99. The molecule has 114 valence electrons. The zero-order valence-electron chi connectivity index (χ0n) is 11.8. The first-order chi connectivity index (χ1) is 10.1. The van der Waals surface area contributed by atoms with Crippen LogP contribution in [0.2, 0.25) is 0 Å². The summed E-state index contributed by atoms with van der Waals surface area (Å²) in [5, 5.41) is 2.59. The first-order valence-electron chi connectivity index (χ1n) is 7.37. The molecular formula is C15H19F2N3O. The van der Waals surface area contributed by atoms with E-state index in [4.69, 9.17) is 0 Å². The topological polar surface area (TPSA) is 54.9 Å². The molecule has 0 unspecified atom stereocenters. The van der Waals surface area contributed by atoms with Crippen molar-refractivity contribution in [3.05, 3.63) is 23.8 Å². The Labute approximate surface area is 122 Å². The SMILES string of the molecule is O=CNCc1cc(C23CCC(C(F)F)(CC2)CC3)ncn1. The highest BCUT2D eigenvalue weighted by molar-refractivity contribution is 5.46. The maximum Gasteiger partial charge on any atom is 0.244 e. The lowest BCUT2D eigenvalue weighted by molar-refractivity contribution is -0.109. The van der Waals surface area contributed by atoms with Gasteiger partial charge < -0.3 is 5.32 Å². The Hall–Kier alpha value is -1.59. The Kier molecular flexibility index (Phi) is 3.63. The minimum atomic E-state index is -2.21. The van der Waals surface area contributed by atoms with Crippen molar-refractivity contribution in [1.29, 1.82) is 0 Å². The zero-order valence-corrected chi connectivity index (χ0v) is 11.8. The van der Waals surface area contributed by atoms with E-state index in [9.17, 15) is 13.6 Å². The summed E-state index contributed by atoms with van der Waals surface area (Å²) < 4.78 is 26.5. The Morgan fingerprint density at radius 3 is 2.43 bits per heavy atom. The Morgan fingerprint density at radius 2 is 1.86 bits per heavy atom. The Morgan fingerprint density at radius 1 is 1.19 bits per heavy atom. The van der Waals surface area contributed by atoms with Crippen molar-refractivity contribution in [1.82, 2.24) is 15.3 Å². The zero-order chi connectivity index (χ0) is 14.9. The Bertz CT molecular complexity index is 511. The van der Waals surface area contributed by atoms with Crippen molar-refractivity contribution in [2.45, 2.75) is 56.9 Å². The van der Waals surface area contributed by atoms with Crippen LogP contribution < -0.4 is 5.32 Å². The van der Waals surface area contributed by atoms with Gasteiger partial charge in [-0.05, 0) is 44.6 Å². The number of fused-ring (bicyclic) bond motifs is 3. The van der Waals surface area contributed by atoms with Gasteiger partial charge in [0.15, 0.2) is 0 Å². The van der Waals surface area contributed by atoms with Gasteiger partial charge in [-0.3, -0.25) is 4.79 Å². The molecule has 3 fully saturated rings. The van der Waals surface area contributed by atoms with Gasteiger partial charge in [-0.25, -0.2) is 18.7 Å². The number of alkyl halides is 2. The van der Waals surface area contributed by atoms with Crippen LogP contribution in [0.1, 0.15) is 49.9 Å². The number of carbonyl (C=O) groups excluding carboxylic acids is 1. The number of rotatable bonds is 5. The van der Waals surface area contributed by atoms with E-state index in [2.05, 4.69) is 15.3 Å². The molecule has 4 rings (SSSR count). The molecule has 0 saturated heterocycles. The fraction of sp³-hybridized carbons (Fsp3) is 0.667. The molecule has 0 atom stereocenters. The van der Waals surface area contributed by atoms with Crippen LogP contribution in [0.4, 0.5) is 8.78 Å². The van der Waals surface area contributed by atoms with Crippen LogP contribution in [-0.2, 0) is 16.8 Å². The van der Waals surface area contributed by atoms with Crippen molar-refractivity contribution < 1.29 is 13.6 Å². The van der Waals surface area contributed by atoms with Gasteiger partial charge in [0.1, 0.15) is 6.33 Å². The maximum absolute atomic E-state index is 13.3. The molecule has 3 aliphatic rings. The number of nitrogens with zero attached hydrogens (tertiary/aromatic N) is 2. The lowest BCUT2D eigenvalue weighted by Gasteiger charge is -2.52. The molecule has 1 N–H and O–H groups in total. The first-order valence-corrected chi connectivity index (χ1v) is 7.37. The minimum absolute atomic E-state index is 0.0739. The van der Waals surface area contributed by atoms with Crippen molar-refractivity contribution in [2.24, 2.45) is 5.41 Å². The number of hydrogen-bond acceptors (Lipinski definition) is 3.